The third kappa shape index (κ3) is 3.54. The largest absolute Gasteiger partial charge is 0.0622 e. The molecule has 0 nitrogen and oxygen atoms in total. The van der Waals surface area contributed by atoms with Crippen LogP contribution >= 0.6 is 0 Å². The maximum atomic E-state index is 2.41. The Labute approximate surface area is 241 Å². The van der Waals surface area contributed by atoms with Crippen LogP contribution in [0.4, 0.5) is 0 Å². The number of hydrogen-bond acceptors (Lipinski definition) is 0. The predicted molar refractivity (Wildman–Crippen MR) is 175 cm³/mol. The summed E-state index contributed by atoms with van der Waals surface area (Å²) in [5, 5.41) is 5.14. The lowest BCUT2D eigenvalue weighted by atomic mass is 9.78. The molecule has 0 radical (unpaired) electrons. The van der Waals surface area contributed by atoms with Crippen molar-refractivity contribution in [1.29, 1.82) is 0 Å². The van der Waals surface area contributed by atoms with Crippen LogP contribution in [0.25, 0.3) is 66.1 Å². The summed E-state index contributed by atoms with van der Waals surface area (Å²) in [7, 11) is 0. The molecule has 1 aliphatic carbocycles. The predicted octanol–water partition coefficient (Wildman–Crippen LogP) is 11.3. The molecule has 0 amide bonds. The molecule has 0 atom stereocenters. The van der Waals surface area contributed by atoms with Gasteiger partial charge in [-0.1, -0.05) is 153 Å². The van der Waals surface area contributed by atoms with Crippen molar-refractivity contribution in [2.45, 2.75) is 19.3 Å². The lowest BCUT2D eigenvalue weighted by molar-refractivity contribution is 0.662. The molecule has 0 fully saturated rings. The molecule has 194 valence electrons. The van der Waals surface area contributed by atoms with Gasteiger partial charge in [0.2, 0.25) is 0 Å². The summed E-state index contributed by atoms with van der Waals surface area (Å²) in [6, 6.07) is 53.5. The van der Waals surface area contributed by atoms with Gasteiger partial charge in [-0.3, -0.25) is 0 Å². The minimum absolute atomic E-state index is 0.0603. The molecule has 0 spiro atoms. The van der Waals surface area contributed by atoms with Gasteiger partial charge in [-0.25, -0.2) is 0 Å². The van der Waals surface area contributed by atoms with Crippen molar-refractivity contribution in [2.24, 2.45) is 0 Å². The smallest absolute Gasteiger partial charge is 0.0165 e. The highest BCUT2D eigenvalue weighted by atomic mass is 14.4. The zero-order chi connectivity index (χ0) is 27.6. The zero-order valence-corrected chi connectivity index (χ0v) is 23.4. The number of rotatable bonds is 3. The van der Waals surface area contributed by atoms with Gasteiger partial charge in [0.1, 0.15) is 0 Å². The van der Waals surface area contributed by atoms with Crippen LogP contribution in [0.1, 0.15) is 25.0 Å². The van der Waals surface area contributed by atoms with Gasteiger partial charge < -0.3 is 0 Å². The van der Waals surface area contributed by atoms with E-state index in [1.807, 2.05) is 0 Å². The van der Waals surface area contributed by atoms with Crippen LogP contribution in [0.3, 0.4) is 0 Å². The Morgan fingerprint density at radius 2 is 0.829 bits per heavy atom. The first kappa shape index (κ1) is 23.9. The maximum absolute atomic E-state index is 2.41. The molecule has 0 saturated heterocycles. The van der Waals surface area contributed by atoms with Gasteiger partial charge in [0, 0.05) is 5.41 Å². The van der Waals surface area contributed by atoms with Gasteiger partial charge in [0.25, 0.3) is 0 Å². The molecule has 8 rings (SSSR count). The Morgan fingerprint density at radius 1 is 0.366 bits per heavy atom. The highest BCUT2D eigenvalue weighted by Crippen LogP contribution is 2.52. The molecular formula is C41H30. The molecule has 0 aliphatic heterocycles. The molecule has 0 heterocycles. The van der Waals surface area contributed by atoms with Crippen molar-refractivity contribution in [3.63, 3.8) is 0 Å². The minimum atomic E-state index is -0.0603. The van der Waals surface area contributed by atoms with Crippen LogP contribution in [-0.4, -0.2) is 0 Å². The van der Waals surface area contributed by atoms with Gasteiger partial charge in [-0.05, 0) is 83.2 Å². The van der Waals surface area contributed by atoms with E-state index in [9.17, 15) is 0 Å². The maximum Gasteiger partial charge on any atom is 0.0165 e. The second kappa shape index (κ2) is 9.04. The third-order valence-electron chi connectivity index (χ3n) is 9.04. The molecule has 41 heavy (non-hydrogen) atoms. The first-order valence-corrected chi connectivity index (χ1v) is 14.5. The summed E-state index contributed by atoms with van der Waals surface area (Å²) >= 11 is 0. The van der Waals surface area contributed by atoms with Crippen LogP contribution in [0, 0.1) is 0 Å². The van der Waals surface area contributed by atoms with Crippen molar-refractivity contribution < 1.29 is 0 Å². The molecule has 7 aromatic carbocycles. The van der Waals surface area contributed by atoms with E-state index in [0.717, 1.165) is 0 Å². The fraction of sp³-hybridized carbons (Fsp3) is 0.0732. The van der Waals surface area contributed by atoms with Crippen molar-refractivity contribution in [3.8, 4) is 44.5 Å². The topological polar surface area (TPSA) is 0 Å². The summed E-state index contributed by atoms with van der Waals surface area (Å²) in [5.74, 6) is 0. The van der Waals surface area contributed by atoms with Gasteiger partial charge in [0.15, 0.2) is 0 Å². The molecule has 0 saturated carbocycles. The van der Waals surface area contributed by atoms with E-state index in [2.05, 4.69) is 159 Å². The van der Waals surface area contributed by atoms with Crippen molar-refractivity contribution >= 4 is 21.5 Å². The molecule has 0 unspecified atom stereocenters. The van der Waals surface area contributed by atoms with E-state index < -0.39 is 0 Å². The number of fused-ring (bicyclic) bond motifs is 5. The monoisotopic (exact) mass is 522 g/mol. The van der Waals surface area contributed by atoms with Gasteiger partial charge in [0.05, 0.1) is 0 Å². The summed E-state index contributed by atoms with van der Waals surface area (Å²) in [6.07, 6.45) is 0. The molecule has 0 N–H and O–H groups in total. The molecular weight excluding hydrogens is 492 g/mol. The van der Waals surface area contributed by atoms with Crippen LogP contribution < -0.4 is 0 Å². The van der Waals surface area contributed by atoms with E-state index >= 15 is 0 Å². The molecule has 1 aliphatic rings. The fourth-order valence-corrected chi connectivity index (χ4v) is 7.29. The third-order valence-corrected chi connectivity index (χ3v) is 9.04. The van der Waals surface area contributed by atoms with E-state index in [1.165, 1.54) is 77.2 Å². The standard InChI is InChI=1S/C41H30/c1-41(2)37-25-11-10-18-31(37)36-24-13-23-30(40(36)41)28-16-12-17-29(26-28)39-34-21-8-6-19-32(34)38(27-14-4-3-5-15-27)33-20-7-9-22-35(33)39/h3-26H,1-2H3. The summed E-state index contributed by atoms with van der Waals surface area (Å²) < 4.78 is 0. The number of hydrogen-bond donors (Lipinski definition) is 0. The highest BCUT2D eigenvalue weighted by Gasteiger charge is 2.37. The average molecular weight is 523 g/mol. The summed E-state index contributed by atoms with van der Waals surface area (Å²) in [6.45, 7) is 4.74. The lowest BCUT2D eigenvalue weighted by Crippen LogP contribution is -2.16. The molecule has 0 heteroatoms. The second-order valence-corrected chi connectivity index (χ2v) is 11.7. The Hall–Kier alpha value is -4.94. The van der Waals surface area contributed by atoms with E-state index in [0.29, 0.717) is 0 Å². The first-order valence-electron chi connectivity index (χ1n) is 14.5. The van der Waals surface area contributed by atoms with Crippen LogP contribution in [0.15, 0.2) is 146 Å². The Kier molecular flexibility index (Phi) is 5.27. The minimum Gasteiger partial charge on any atom is -0.0622 e. The molecule has 0 bridgehead atoms. The highest BCUT2D eigenvalue weighted by molar-refractivity contribution is 6.21. The first-order chi connectivity index (χ1) is 20.1. The lowest BCUT2D eigenvalue weighted by Gasteiger charge is -2.25. The van der Waals surface area contributed by atoms with Crippen LogP contribution in [0.2, 0.25) is 0 Å². The van der Waals surface area contributed by atoms with Crippen LogP contribution in [0.5, 0.6) is 0 Å². The molecule has 7 aromatic rings. The summed E-state index contributed by atoms with van der Waals surface area (Å²) in [5.41, 5.74) is 13.2. The van der Waals surface area contributed by atoms with Gasteiger partial charge in [-0.15, -0.1) is 0 Å². The summed E-state index contributed by atoms with van der Waals surface area (Å²) in [4.78, 5) is 0. The van der Waals surface area contributed by atoms with Gasteiger partial charge >= 0.3 is 0 Å². The Bertz CT molecular complexity index is 2050. The number of benzene rings is 7. The Morgan fingerprint density at radius 3 is 1.51 bits per heavy atom. The van der Waals surface area contributed by atoms with E-state index in [-0.39, 0.29) is 5.41 Å². The normalized spacial score (nSPS) is 13.3. The van der Waals surface area contributed by atoms with E-state index in [1.54, 1.807) is 0 Å². The Balaban J connectivity index is 1.39. The zero-order valence-electron chi connectivity index (χ0n) is 23.4. The second-order valence-electron chi connectivity index (χ2n) is 11.7. The van der Waals surface area contributed by atoms with Gasteiger partial charge in [-0.2, -0.15) is 0 Å². The van der Waals surface area contributed by atoms with Crippen molar-refractivity contribution in [2.75, 3.05) is 0 Å². The molecule has 0 aromatic heterocycles. The van der Waals surface area contributed by atoms with Crippen molar-refractivity contribution in [3.05, 3.63) is 157 Å². The average Bonchev–Trinajstić information content (AvgIpc) is 3.27. The van der Waals surface area contributed by atoms with Crippen LogP contribution in [-0.2, 0) is 5.41 Å². The van der Waals surface area contributed by atoms with Crippen molar-refractivity contribution in [1.82, 2.24) is 0 Å². The quantitative estimate of drug-likeness (QED) is 0.202. The SMILES string of the molecule is CC1(C)c2ccccc2-c2cccc(-c3cccc(-c4c5ccccc5c(-c5ccccc5)c5ccccc45)c3)c21. The van der Waals surface area contributed by atoms with E-state index in [4.69, 9.17) is 0 Å². The fourth-order valence-electron chi connectivity index (χ4n) is 7.29.